The van der Waals surface area contributed by atoms with Gasteiger partial charge in [0.1, 0.15) is 0 Å². The van der Waals surface area contributed by atoms with Crippen LogP contribution in [0.1, 0.15) is 37.2 Å². The molecule has 2 aliphatic rings. The second-order valence-electron chi connectivity index (χ2n) is 8.62. The number of hydrogen-bond donors (Lipinski definition) is 2. The van der Waals surface area contributed by atoms with Crippen LogP contribution in [0, 0.1) is 0 Å². The minimum Gasteiger partial charge on any atom is -0.503 e. The summed E-state index contributed by atoms with van der Waals surface area (Å²) >= 11 is 0. The molecule has 1 saturated carbocycles. The van der Waals surface area contributed by atoms with Crippen LogP contribution in [0.3, 0.4) is 0 Å². The van der Waals surface area contributed by atoms with Crippen LogP contribution in [0.2, 0.25) is 0 Å². The normalized spacial score (nSPS) is 21.3. The van der Waals surface area contributed by atoms with Crippen LogP contribution in [-0.4, -0.2) is 55.1 Å². The van der Waals surface area contributed by atoms with Gasteiger partial charge < -0.3 is 15.3 Å². The average Bonchev–Trinajstić information content (AvgIpc) is 3.13. The number of sulfone groups is 1. The van der Waals surface area contributed by atoms with Crippen LogP contribution in [0.25, 0.3) is 0 Å². The van der Waals surface area contributed by atoms with E-state index in [1.165, 1.54) is 22.6 Å². The maximum atomic E-state index is 12.8. The first-order valence-electron chi connectivity index (χ1n) is 11.2. The molecule has 0 unspecified atom stereocenters. The number of amides is 2. The van der Waals surface area contributed by atoms with Crippen LogP contribution in [-0.2, 0) is 19.4 Å². The molecule has 7 nitrogen and oxygen atoms in total. The molecular weight excluding hydrogens is 440 g/mol. The fraction of sp³-hybridized carbons (Fsp3) is 0.360. The van der Waals surface area contributed by atoms with Gasteiger partial charge in [-0.1, -0.05) is 48.5 Å². The Hall–Kier alpha value is -3.13. The molecule has 1 aliphatic carbocycles. The lowest BCUT2D eigenvalue weighted by atomic mass is 9.82. The third-order valence-corrected chi connectivity index (χ3v) is 8.17. The topological polar surface area (TPSA) is 104 Å². The summed E-state index contributed by atoms with van der Waals surface area (Å²) in [6.07, 6.45) is 3.57. The molecule has 8 heteroatoms. The second-order valence-corrected chi connectivity index (χ2v) is 10.7. The van der Waals surface area contributed by atoms with E-state index >= 15 is 0 Å². The van der Waals surface area contributed by atoms with E-state index in [9.17, 15) is 23.1 Å². The van der Waals surface area contributed by atoms with Crippen molar-refractivity contribution >= 4 is 21.7 Å². The predicted octanol–water partition coefficient (Wildman–Crippen LogP) is 2.96. The zero-order chi connectivity index (χ0) is 23.4. The predicted molar refractivity (Wildman–Crippen MR) is 124 cm³/mol. The molecule has 2 aromatic rings. The Balaban J connectivity index is 1.30. The van der Waals surface area contributed by atoms with E-state index < -0.39 is 27.4 Å². The van der Waals surface area contributed by atoms with Crippen molar-refractivity contribution in [2.24, 2.45) is 0 Å². The van der Waals surface area contributed by atoms with Crippen LogP contribution < -0.4 is 5.32 Å². The zero-order valence-corrected chi connectivity index (χ0v) is 19.1. The van der Waals surface area contributed by atoms with Gasteiger partial charge in [0.05, 0.1) is 22.8 Å². The first-order valence-corrected chi connectivity index (χ1v) is 12.9. The molecule has 0 bridgehead atoms. The van der Waals surface area contributed by atoms with E-state index in [1.54, 1.807) is 18.2 Å². The highest BCUT2D eigenvalue weighted by molar-refractivity contribution is 7.91. The van der Waals surface area contributed by atoms with Crippen molar-refractivity contribution in [2.75, 3.05) is 18.8 Å². The number of hydrogen-bond acceptors (Lipinski definition) is 5. The molecule has 2 amide bonds. The smallest absolute Gasteiger partial charge is 0.289 e. The van der Waals surface area contributed by atoms with Crippen LogP contribution in [0.4, 0.5) is 0 Å². The molecular formula is C25H28N2O5S. The largest absolute Gasteiger partial charge is 0.503 e. The van der Waals surface area contributed by atoms with Gasteiger partial charge >= 0.3 is 0 Å². The van der Waals surface area contributed by atoms with E-state index in [4.69, 9.17) is 0 Å². The molecule has 4 rings (SSSR count). The van der Waals surface area contributed by atoms with Gasteiger partial charge in [-0.3, -0.25) is 9.59 Å². The van der Waals surface area contributed by atoms with E-state index in [1.807, 2.05) is 18.2 Å². The molecule has 1 heterocycles. The summed E-state index contributed by atoms with van der Waals surface area (Å²) in [5, 5.41) is 13.2. The molecule has 174 valence electrons. The van der Waals surface area contributed by atoms with Crippen molar-refractivity contribution in [1.82, 2.24) is 10.2 Å². The van der Waals surface area contributed by atoms with Gasteiger partial charge in [-0.25, -0.2) is 8.42 Å². The molecule has 1 fully saturated rings. The van der Waals surface area contributed by atoms with Crippen LogP contribution in [0.15, 0.2) is 76.9 Å². The Morgan fingerprint density at radius 2 is 1.58 bits per heavy atom. The number of carbonyl (C=O) groups excluding carboxylic acids is 2. The van der Waals surface area contributed by atoms with Gasteiger partial charge in [-0.2, -0.15) is 0 Å². The number of aliphatic hydroxyl groups is 1. The summed E-state index contributed by atoms with van der Waals surface area (Å²) in [6.45, 7) is -0.195. The summed E-state index contributed by atoms with van der Waals surface area (Å²) in [4.78, 5) is 26.6. The standard InChI is InChI=1S/C25H28N2O5S/c28-23-22(17-27(25(23)30)15-16-33(31,32)21-9-5-2-6-10-21)24(29)26-20-13-11-19(12-14-20)18-7-3-1-4-8-18/h1-10,19-20,28H,11-17H2,(H,26,29)/t19-,20+. The lowest BCUT2D eigenvalue weighted by molar-refractivity contribution is -0.127. The first kappa shape index (κ1) is 23.0. The molecule has 2 aromatic carbocycles. The van der Waals surface area contributed by atoms with Gasteiger partial charge in [-0.05, 0) is 49.3 Å². The molecule has 0 atom stereocenters. The Morgan fingerprint density at radius 3 is 2.21 bits per heavy atom. The van der Waals surface area contributed by atoms with E-state index in [-0.39, 0.29) is 35.4 Å². The highest BCUT2D eigenvalue weighted by Crippen LogP contribution is 2.33. The van der Waals surface area contributed by atoms with Crippen molar-refractivity contribution in [3.63, 3.8) is 0 Å². The number of nitrogens with one attached hydrogen (secondary N) is 1. The summed E-state index contributed by atoms with van der Waals surface area (Å²) in [7, 11) is -3.57. The Labute approximate surface area is 194 Å². The number of carbonyl (C=O) groups is 2. The van der Waals surface area contributed by atoms with Gasteiger partial charge in [0.2, 0.25) is 0 Å². The van der Waals surface area contributed by atoms with Crippen LogP contribution in [0.5, 0.6) is 0 Å². The lowest BCUT2D eigenvalue weighted by Gasteiger charge is -2.29. The number of benzene rings is 2. The van der Waals surface area contributed by atoms with E-state index in [0.717, 1.165) is 25.7 Å². The fourth-order valence-electron chi connectivity index (χ4n) is 4.52. The summed E-state index contributed by atoms with van der Waals surface area (Å²) in [5.41, 5.74) is 1.31. The molecule has 0 saturated heterocycles. The quantitative estimate of drug-likeness (QED) is 0.650. The summed E-state index contributed by atoms with van der Waals surface area (Å²) < 4.78 is 25.0. The molecule has 1 aliphatic heterocycles. The summed E-state index contributed by atoms with van der Waals surface area (Å²) in [5.74, 6) is -1.58. The van der Waals surface area contributed by atoms with Gasteiger partial charge in [0.15, 0.2) is 15.6 Å². The van der Waals surface area contributed by atoms with Crippen molar-refractivity contribution in [2.45, 2.75) is 42.5 Å². The second kappa shape index (κ2) is 9.79. The molecule has 0 spiro atoms. The van der Waals surface area contributed by atoms with Crippen molar-refractivity contribution in [1.29, 1.82) is 0 Å². The Kier molecular flexibility index (Phi) is 6.83. The molecule has 33 heavy (non-hydrogen) atoms. The molecule has 0 aromatic heterocycles. The zero-order valence-electron chi connectivity index (χ0n) is 18.3. The maximum absolute atomic E-state index is 12.8. The molecule has 2 N–H and O–H groups in total. The highest BCUT2D eigenvalue weighted by atomic mass is 32.2. The van der Waals surface area contributed by atoms with E-state index in [0.29, 0.717) is 5.92 Å². The SMILES string of the molecule is O=C(N[C@H]1CC[C@@H](c2ccccc2)CC1)C1=C(O)C(=O)N(CCS(=O)(=O)c2ccccc2)C1. The Bertz CT molecular complexity index is 1140. The summed E-state index contributed by atoms with van der Waals surface area (Å²) in [6, 6.07) is 18.3. The van der Waals surface area contributed by atoms with Gasteiger partial charge in [0, 0.05) is 12.6 Å². The lowest BCUT2D eigenvalue weighted by Crippen LogP contribution is -2.39. The minimum absolute atomic E-state index is 0.00212. The Morgan fingerprint density at radius 1 is 0.970 bits per heavy atom. The molecule has 0 radical (unpaired) electrons. The minimum atomic E-state index is -3.57. The first-order chi connectivity index (χ1) is 15.8. The van der Waals surface area contributed by atoms with Crippen molar-refractivity contribution in [3.05, 3.63) is 77.6 Å². The van der Waals surface area contributed by atoms with E-state index in [2.05, 4.69) is 17.4 Å². The third-order valence-electron chi connectivity index (χ3n) is 6.46. The fourth-order valence-corrected chi connectivity index (χ4v) is 5.79. The number of rotatable bonds is 7. The van der Waals surface area contributed by atoms with Gasteiger partial charge in [-0.15, -0.1) is 0 Å². The van der Waals surface area contributed by atoms with Crippen molar-refractivity contribution < 1.29 is 23.1 Å². The number of aliphatic hydroxyl groups excluding tert-OH is 1. The third kappa shape index (κ3) is 5.27. The van der Waals surface area contributed by atoms with Crippen molar-refractivity contribution in [3.8, 4) is 0 Å². The number of nitrogens with zero attached hydrogens (tertiary/aromatic N) is 1. The van der Waals surface area contributed by atoms with Crippen LogP contribution >= 0.6 is 0 Å². The average molecular weight is 469 g/mol. The highest BCUT2D eigenvalue weighted by Gasteiger charge is 2.35. The van der Waals surface area contributed by atoms with Gasteiger partial charge in [0.25, 0.3) is 11.8 Å². The maximum Gasteiger partial charge on any atom is 0.289 e. The monoisotopic (exact) mass is 468 g/mol.